The minimum absolute atomic E-state index is 0.0541. The minimum atomic E-state index is -0.491. The third-order valence-electron chi connectivity index (χ3n) is 5.94. The van der Waals surface area contributed by atoms with Gasteiger partial charge in [-0.2, -0.15) is 4.98 Å². The van der Waals surface area contributed by atoms with Crippen LogP contribution in [0.15, 0.2) is 59.4 Å². The molecule has 2 aromatic carbocycles. The largest absolute Gasteiger partial charge is 0.329 e. The van der Waals surface area contributed by atoms with Crippen molar-refractivity contribution in [1.29, 1.82) is 0 Å². The van der Waals surface area contributed by atoms with E-state index in [-0.39, 0.29) is 17.8 Å². The molecule has 0 aliphatic heterocycles. The molecule has 0 unspecified atom stereocenters. The monoisotopic (exact) mass is 430 g/mol. The van der Waals surface area contributed by atoms with Gasteiger partial charge in [0.1, 0.15) is 11.6 Å². The molecule has 4 nitrogen and oxygen atoms in total. The molecule has 0 aliphatic rings. The SMILES string of the molecule is CCCCc1nc(=O)c(CC(=O)C(C)(C)C)c(C)n1Cc1cccc(-c2ccccc2)c1. The van der Waals surface area contributed by atoms with Gasteiger partial charge >= 0.3 is 0 Å². The number of carbonyl (C=O) groups excluding carboxylic acids is 1. The first kappa shape index (κ1) is 23.6. The number of aromatic nitrogens is 2. The van der Waals surface area contributed by atoms with E-state index in [1.54, 1.807) is 0 Å². The molecule has 0 atom stereocenters. The molecule has 3 rings (SSSR count). The number of nitrogens with zero attached hydrogens (tertiary/aromatic N) is 2. The Morgan fingerprint density at radius 3 is 2.34 bits per heavy atom. The summed E-state index contributed by atoms with van der Waals surface area (Å²) in [4.78, 5) is 30.0. The van der Waals surface area contributed by atoms with E-state index >= 15 is 0 Å². The van der Waals surface area contributed by atoms with Crippen LogP contribution < -0.4 is 5.56 Å². The Hall–Kier alpha value is -3.01. The highest BCUT2D eigenvalue weighted by Gasteiger charge is 2.24. The number of Topliss-reactive ketones (excluding diaryl/α,β-unsaturated/α-hetero) is 1. The summed E-state index contributed by atoms with van der Waals surface area (Å²) in [7, 11) is 0. The Kier molecular flexibility index (Phi) is 7.44. The van der Waals surface area contributed by atoms with Crippen LogP contribution >= 0.6 is 0 Å². The molecular formula is C28H34N2O2. The second-order valence-electron chi connectivity index (χ2n) is 9.50. The van der Waals surface area contributed by atoms with E-state index in [2.05, 4.69) is 52.9 Å². The van der Waals surface area contributed by atoms with Crippen LogP contribution in [0.5, 0.6) is 0 Å². The van der Waals surface area contributed by atoms with Crippen LogP contribution in [0.3, 0.4) is 0 Å². The number of hydrogen-bond donors (Lipinski definition) is 0. The first-order valence-corrected chi connectivity index (χ1v) is 11.5. The number of aryl methyl sites for hydroxylation is 1. The van der Waals surface area contributed by atoms with Crippen LogP contribution in [-0.2, 0) is 24.2 Å². The summed E-state index contributed by atoms with van der Waals surface area (Å²) in [5.41, 5.74) is 4.09. The molecule has 32 heavy (non-hydrogen) atoms. The maximum Gasteiger partial charge on any atom is 0.276 e. The van der Waals surface area contributed by atoms with Gasteiger partial charge in [-0.05, 0) is 36.1 Å². The molecule has 4 heteroatoms. The maximum atomic E-state index is 12.9. The number of unbranched alkanes of at least 4 members (excludes halogenated alkanes) is 1. The van der Waals surface area contributed by atoms with Gasteiger partial charge in [0, 0.05) is 36.1 Å². The van der Waals surface area contributed by atoms with Crippen molar-refractivity contribution in [3.63, 3.8) is 0 Å². The average molecular weight is 431 g/mol. The highest BCUT2D eigenvalue weighted by molar-refractivity contribution is 5.85. The fourth-order valence-electron chi connectivity index (χ4n) is 3.78. The van der Waals surface area contributed by atoms with Gasteiger partial charge in [-0.1, -0.05) is 82.6 Å². The Morgan fingerprint density at radius 1 is 1.00 bits per heavy atom. The number of benzene rings is 2. The van der Waals surface area contributed by atoms with Gasteiger partial charge in [-0.3, -0.25) is 9.59 Å². The molecule has 168 valence electrons. The summed E-state index contributed by atoms with van der Waals surface area (Å²) in [6.07, 6.45) is 2.87. The molecule has 0 radical (unpaired) electrons. The summed E-state index contributed by atoms with van der Waals surface area (Å²) < 4.78 is 2.13. The molecule has 1 aromatic heterocycles. The molecular weight excluding hydrogens is 396 g/mol. The van der Waals surface area contributed by atoms with Crippen molar-refractivity contribution in [2.24, 2.45) is 5.41 Å². The summed E-state index contributed by atoms with van der Waals surface area (Å²) >= 11 is 0. The Labute approximate surface area is 191 Å². The van der Waals surface area contributed by atoms with Crippen molar-refractivity contribution in [1.82, 2.24) is 9.55 Å². The van der Waals surface area contributed by atoms with Gasteiger partial charge < -0.3 is 4.57 Å². The second-order valence-corrected chi connectivity index (χ2v) is 9.50. The van der Waals surface area contributed by atoms with E-state index in [1.165, 1.54) is 5.56 Å². The number of carbonyl (C=O) groups is 1. The van der Waals surface area contributed by atoms with E-state index in [0.29, 0.717) is 12.1 Å². The molecule has 0 saturated carbocycles. The smallest absolute Gasteiger partial charge is 0.276 e. The lowest BCUT2D eigenvalue weighted by atomic mass is 9.87. The van der Waals surface area contributed by atoms with E-state index in [0.717, 1.165) is 41.9 Å². The lowest BCUT2D eigenvalue weighted by molar-refractivity contribution is -0.125. The fraction of sp³-hybridized carbons (Fsp3) is 0.393. The lowest BCUT2D eigenvalue weighted by Crippen LogP contribution is -2.30. The fourth-order valence-corrected chi connectivity index (χ4v) is 3.78. The van der Waals surface area contributed by atoms with E-state index in [9.17, 15) is 9.59 Å². The van der Waals surface area contributed by atoms with Gasteiger partial charge in [0.15, 0.2) is 0 Å². The topological polar surface area (TPSA) is 52.0 Å². The summed E-state index contributed by atoms with van der Waals surface area (Å²) in [5.74, 6) is 0.852. The zero-order valence-corrected chi connectivity index (χ0v) is 19.9. The van der Waals surface area contributed by atoms with Crippen LogP contribution in [-0.4, -0.2) is 15.3 Å². The first-order valence-electron chi connectivity index (χ1n) is 11.5. The molecule has 0 N–H and O–H groups in total. The predicted octanol–water partition coefficient (Wildman–Crippen LogP) is 5.77. The van der Waals surface area contributed by atoms with Crippen molar-refractivity contribution in [3.8, 4) is 11.1 Å². The summed E-state index contributed by atoms with van der Waals surface area (Å²) in [6, 6.07) is 18.8. The summed E-state index contributed by atoms with van der Waals surface area (Å²) in [6.45, 7) is 10.4. The Bertz CT molecular complexity index is 1140. The van der Waals surface area contributed by atoms with Gasteiger partial charge in [0.05, 0.1) is 0 Å². The standard InChI is InChI=1S/C28H34N2O2/c1-6-7-16-26-29-27(32)24(18-25(31)28(3,4)5)20(2)30(26)19-21-12-11-15-23(17-21)22-13-9-8-10-14-22/h8-15,17H,6-7,16,18-19H2,1-5H3. The van der Waals surface area contributed by atoms with Gasteiger partial charge in [0.25, 0.3) is 5.56 Å². The van der Waals surface area contributed by atoms with Gasteiger partial charge in [0.2, 0.25) is 0 Å². The summed E-state index contributed by atoms with van der Waals surface area (Å²) in [5, 5.41) is 0. The molecule has 3 aromatic rings. The van der Waals surface area contributed by atoms with Crippen LogP contribution in [0, 0.1) is 12.3 Å². The molecule has 1 heterocycles. The van der Waals surface area contributed by atoms with Crippen LogP contribution in [0.4, 0.5) is 0 Å². The zero-order chi connectivity index (χ0) is 23.3. The molecule has 0 spiro atoms. The third-order valence-corrected chi connectivity index (χ3v) is 5.94. The molecule has 0 saturated heterocycles. The number of hydrogen-bond acceptors (Lipinski definition) is 3. The molecule has 0 amide bonds. The molecule has 0 aliphatic carbocycles. The quantitative estimate of drug-likeness (QED) is 0.456. The number of rotatable bonds is 8. The average Bonchev–Trinajstić information content (AvgIpc) is 2.77. The van der Waals surface area contributed by atoms with Crippen molar-refractivity contribution in [2.75, 3.05) is 0 Å². The van der Waals surface area contributed by atoms with Gasteiger partial charge in [-0.15, -0.1) is 0 Å². The van der Waals surface area contributed by atoms with Crippen molar-refractivity contribution >= 4 is 5.78 Å². The van der Waals surface area contributed by atoms with E-state index in [1.807, 2.05) is 45.9 Å². The Balaban J connectivity index is 2.03. The van der Waals surface area contributed by atoms with Crippen LogP contribution in [0.1, 0.15) is 63.2 Å². The lowest BCUT2D eigenvalue weighted by Gasteiger charge is -2.21. The van der Waals surface area contributed by atoms with Crippen molar-refractivity contribution < 1.29 is 4.79 Å². The van der Waals surface area contributed by atoms with Crippen molar-refractivity contribution in [2.45, 2.75) is 66.8 Å². The number of ketones is 1. The molecule has 0 fully saturated rings. The maximum absolute atomic E-state index is 12.9. The first-order chi connectivity index (χ1) is 15.2. The highest BCUT2D eigenvalue weighted by Crippen LogP contribution is 2.22. The third kappa shape index (κ3) is 5.61. The van der Waals surface area contributed by atoms with Gasteiger partial charge in [-0.25, -0.2) is 0 Å². The minimum Gasteiger partial charge on any atom is -0.329 e. The zero-order valence-electron chi connectivity index (χ0n) is 19.9. The van der Waals surface area contributed by atoms with Crippen LogP contribution in [0.25, 0.3) is 11.1 Å². The van der Waals surface area contributed by atoms with E-state index < -0.39 is 5.41 Å². The second kappa shape index (κ2) is 10.1. The van der Waals surface area contributed by atoms with Crippen molar-refractivity contribution in [3.05, 3.63) is 87.6 Å². The molecule has 0 bridgehead atoms. The predicted molar refractivity (Wildman–Crippen MR) is 131 cm³/mol. The highest BCUT2D eigenvalue weighted by atomic mass is 16.1. The van der Waals surface area contributed by atoms with E-state index in [4.69, 9.17) is 0 Å². The Morgan fingerprint density at radius 2 is 1.69 bits per heavy atom. The van der Waals surface area contributed by atoms with Crippen LogP contribution in [0.2, 0.25) is 0 Å². The normalized spacial score (nSPS) is 11.5.